The van der Waals surface area contributed by atoms with Crippen molar-refractivity contribution >= 4 is 5.78 Å². The first-order valence-corrected chi connectivity index (χ1v) is 6.32. The number of carbonyl (C=O) groups is 1. The van der Waals surface area contributed by atoms with Crippen LogP contribution in [0, 0.1) is 0 Å². The summed E-state index contributed by atoms with van der Waals surface area (Å²) in [6.07, 6.45) is 6.82. The topological polar surface area (TPSA) is 38.8 Å². The zero-order chi connectivity index (χ0) is 13.3. The van der Waals surface area contributed by atoms with Crippen LogP contribution in [0.1, 0.15) is 33.6 Å². The smallest absolute Gasteiger partial charge is 0.202 e. The van der Waals surface area contributed by atoms with Crippen LogP contribution in [-0.4, -0.2) is 23.6 Å². The minimum atomic E-state index is -0.431. The van der Waals surface area contributed by atoms with Crippen LogP contribution in [0.4, 0.5) is 0 Å². The Hall–Kier alpha value is -1.35. The second-order valence-electron chi connectivity index (χ2n) is 5.24. The SMILES string of the molecule is C=C/C(C)=C/CCC1(C)OC1C1OC(C)=CC1=O. The van der Waals surface area contributed by atoms with Gasteiger partial charge in [0, 0.05) is 6.08 Å². The lowest BCUT2D eigenvalue weighted by Gasteiger charge is -2.10. The molecule has 0 radical (unpaired) electrons. The molecule has 2 aliphatic heterocycles. The Labute approximate surface area is 108 Å². The lowest BCUT2D eigenvalue weighted by molar-refractivity contribution is -0.121. The predicted molar refractivity (Wildman–Crippen MR) is 70.1 cm³/mol. The van der Waals surface area contributed by atoms with E-state index in [2.05, 4.69) is 12.7 Å². The van der Waals surface area contributed by atoms with Gasteiger partial charge in [-0.05, 0) is 33.6 Å². The van der Waals surface area contributed by atoms with E-state index in [1.54, 1.807) is 13.0 Å². The van der Waals surface area contributed by atoms with Gasteiger partial charge in [-0.25, -0.2) is 0 Å². The van der Waals surface area contributed by atoms with Gasteiger partial charge in [-0.2, -0.15) is 0 Å². The number of rotatable bonds is 5. The Bertz CT molecular complexity index is 433. The molecule has 0 aliphatic carbocycles. The number of hydrogen-bond acceptors (Lipinski definition) is 3. The molecule has 0 saturated carbocycles. The van der Waals surface area contributed by atoms with Gasteiger partial charge in [-0.1, -0.05) is 24.3 Å². The van der Waals surface area contributed by atoms with Gasteiger partial charge >= 0.3 is 0 Å². The molecule has 2 aliphatic rings. The summed E-state index contributed by atoms with van der Waals surface area (Å²) >= 11 is 0. The summed E-state index contributed by atoms with van der Waals surface area (Å²) < 4.78 is 11.2. The first-order valence-electron chi connectivity index (χ1n) is 6.32. The number of hydrogen-bond donors (Lipinski definition) is 0. The highest BCUT2D eigenvalue weighted by Gasteiger charge is 2.59. The summed E-state index contributed by atoms with van der Waals surface area (Å²) in [6, 6.07) is 0. The molecule has 0 aromatic heterocycles. The molecule has 0 aromatic carbocycles. The van der Waals surface area contributed by atoms with Crippen LogP contribution in [0.15, 0.2) is 36.1 Å². The molecule has 0 bridgehead atoms. The fourth-order valence-corrected chi connectivity index (χ4v) is 2.29. The van der Waals surface area contributed by atoms with Crippen LogP contribution in [0.2, 0.25) is 0 Å². The van der Waals surface area contributed by atoms with E-state index < -0.39 is 6.10 Å². The Balaban J connectivity index is 1.86. The van der Waals surface area contributed by atoms with E-state index in [1.807, 2.05) is 19.9 Å². The van der Waals surface area contributed by atoms with Crippen molar-refractivity contribution in [2.24, 2.45) is 0 Å². The number of ketones is 1. The third kappa shape index (κ3) is 2.56. The van der Waals surface area contributed by atoms with E-state index in [1.165, 1.54) is 5.57 Å². The number of epoxide rings is 1. The number of allylic oxidation sites excluding steroid dienone is 4. The van der Waals surface area contributed by atoms with Crippen molar-refractivity contribution < 1.29 is 14.3 Å². The largest absolute Gasteiger partial charge is 0.484 e. The standard InChI is InChI=1S/C15H20O3/c1-5-10(2)7-6-8-15(4)14(18-15)13-12(16)9-11(3)17-13/h5,7,9,13-14H,1,6,8H2,2-4H3/b10-7+. The van der Waals surface area contributed by atoms with Crippen molar-refractivity contribution in [3.8, 4) is 0 Å². The maximum absolute atomic E-state index is 11.7. The molecule has 0 N–H and O–H groups in total. The third-order valence-corrected chi connectivity index (χ3v) is 3.58. The zero-order valence-electron chi connectivity index (χ0n) is 11.2. The lowest BCUT2D eigenvalue weighted by atomic mass is 9.96. The van der Waals surface area contributed by atoms with E-state index in [0.29, 0.717) is 5.76 Å². The summed E-state index contributed by atoms with van der Waals surface area (Å²) in [5.74, 6) is 0.712. The Morgan fingerprint density at radius 1 is 1.61 bits per heavy atom. The predicted octanol–water partition coefficient (Wildman–Crippen LogP) is 2.93. The molecule has 2 rings (SSSR count). The van der Waals surface area contributed by atoms with Crippen LogP contribution in [0.25, 0.3) is 0 Å². The molecular formula is C15H20O3. The van der Waals surface area contributed by atoms with Crippen molar-refractivity contribution in [2.75, 3.05) is 0 Å². The van der Waals surface area contributed by atoms with E-state index in [-0.39, 0.29) is 17.5 Å². The Morgan fingerprint density at radius 3 is 2.89 bits per heavy atom. The molecule has 2 heterocycles. The van der Waals surface area contributed by atoms with Crippen LogP contribution in [0.3, 0.4) is 0 Å². The molecule has 3 atom stereocenters. The monoisotopic (exact) mass is 248 g/mol. The highest BCUT2D eigenvalue weighted by Crippen LogP contribution is 2.45. The van der Waals surface area contributed by atoms with Crippen molar-refractivity contribution in [1.29, 1.82) is 0 Å². The minimum absolute atomic E-state index is 0.0269. The first kappa shape index (κ1) is 13.1. The third-order valence-electron chi connectivity index (χ3n) is 3.58. The van der Waals surface area contributed by atoms with E-state index >= 15 is 0 Å². The molecule has 3 unspecified atom stereocenters. The Kier molecular flexibility index (Phi) is 3.44. The summed E-state index contributed by atoms with van der Waals surface area (Å²) in [5, 5.41) is 0. The van der Waals surface area contributed by atoms with Gasteiger partial charge in [0.05, 0.1) is 11.4 Å². The van der Waals surface area contributed by atoms with Crippen molar-refractivity contribution in [3.63, 3.8) is 0 Å². The van der Waals surface area contributed by atoms with Gasteiger partial charge in [0.1, 0.15) is 6.10 Å². The van der Waals surface area contributed by atoms with Gasteiger partial charge < -0.3 is 9.47 Å². The van der Waals surface area contributed by atoms with Crippen LogP contribution >= 0.6 is 0 Å². The minimum Gasteiger partial charge on any atom is -0.484 e. The molecule has 1 fully saturated rings. The molecule has 0 amide bonds. The van der Waals surface area contributed by atoms with Gasteiger partial charge in [0.15, 0.2) is 6.10 Å². The summed E-state index contributed by atoms with van der Waals surface area (Å²) in [7, 11) is 0. The lowest BCUT2D eigenvalue weighted by Crippen LogP contribution is -2.28. The zero-order valence-corrected chi connectivity index (χ0v) is 11.2. The fourth-order valence-electron chi connectivity index (χ4n) is 2.29. The average molecular weight is 248 g/mol. The molecule has 18 heavy (non-hydrogen) atoms. The van der Waals surface area contributed by atoms with Crippen molar-refractivity contribution in [3.05, 3.63) is 36.1 Å². The Morgan fingerprint density at radius 2 is 2.33 bits per heavy atom. The quantitative estimate of drug-likeness (QED) is 0.554. The second-order valence-corrected chi connectivity index (χ2v) is 5.24. The average Bonchev–Trinajstić information content (AvgIpc) is 2.85. The van der Waals surface area contributed by atoms with Gasteiger partial charge in [-0.3, -0.25) is 4.79 Å². The van der Waals surface area contributed by atoms with E-state index in [0.717, 1.165) is 12.8 Å². The summed E-state index contributed by atoms with van der Waals surface area (Å²) in [5.41, 5.74) is 0.943. The highest BCUT2D eigenvalue weighted by atomic mass is 16.6. The first-order chi connectivity index (χ1) is 8.46. The molecule has 3 nitrogen and oxygen atoms in total. The molecule has 0 spiro atoms. The summed E-state index contributed by atoms with van der Waals surface area (Å²) in [6.45, 7) is 9.58. The maximum Gasteiger partial charge on any atom is 0.202 e. The van der Waals surface area contributed by atoms with E-state index in [4.69, 9.17) is 9.47 Å². The molecular weight excluding hydrogens is 228 g/mol. The van der Waals surface area contributed by atoms with Gasteiger partial charge in [0.25, 0.3) is 0 Å². The normalized spacial score (nSPS) is 35.2. The van der Waals surface area contributed by atoms with Crippen LogP contribution in [0.5, 0.6) is 0 Å². The van der Waals surface area contributed by atoms with Gasteiger partial charge in [0.2, 0.25) is 5.78 Å². The number of ether oxygens (including phenoxy) is 2. The number of carbonyl (C=O) groups excluding carboxylic acids is 1. The summed E-state index contributed by atoms with van der Waals surface area (Å²) in [4.78, 5) is 11.7. The van der Waals surface area contributed by atoms with Gasteiger partial charge in [-0.15, -0.1) is 0 Å². The molecule has 98 valence electrons. The van der Waals surface area contributed by atoms with Crippen molar-refractivity contribution in [2.45, 2.75) is 51.4 Å². The molecule has 0 aromatic rings. The fraction of sp³-hybridized carbons (Fsp3) is 0.533. The maximum atomic E-state index is 11.7. The van der Waals surface area contributed by atoms with Crippen LogP contribution < -0.4 is 0 Å². The molecule has 1 saturated heterocycles. The second kappa shape index (κ2) is 4.73. The van der Waals surface area contributed by atoms with E-state index in [9.17, 15) is 4.79 Å². The van der Waals surface area contributed by atoms with Crippen molar-refractivity contribution in [1.82, 2.24) is 0 Å². The highest BCUT2D eigenvalue weighted by molar-refractivity contribution is 5.96. The van der Waals surface area contributed by atoms with Crippen LogP contribution in [-0.2, 0) is 14.3 Å². The molecule has 3 heteroatoms.